The average molecular weight is 359 g/mol. The number of carbonyl (C=O) groups excluding carboxylic acids is 1. The van der Waals surface area contributed by atoms with Gasteiger partial charge in [0.15, 0.2) is 0 Å². The van der Waals surface area contributed by atoms with Gasteiger partial charge < -0.3 is 19.9 Å². The fourth-order valence-electron chi connectivity index (χ4n) is 2.39. The third-order valence-corrected chi connectivity index (χ3v) is 4.40. The Hall–Kier alpha value is -2.45. The van der Waals surface area contributed by atoms with Crippen LogP contribution in [0.25, 0.3) is 11.0 Å². The zero-order valence-electron chi connectivity index (χ0n) is 14.5. The van der Waals surface area contributed by atoms with Gasteiger partial charge in [0.1, 0.15) is 10.5 Å². The van der Waals surface area contributed by atoms with Crippen molar-refractivity contribution in [2.24, 2.45) is 0 Å². The largest absolute Gasteiger partial charge is 0.478 e. The molecule has 0 unspecified atom stereocenters. The van der Waals surface area contributed by atoms with E-state index in [1.807, 2.05) is 39.2 Å². The lowest BCUT2D eigenvalue weighted by atomic mass is 10.2. The summed E-state index contributed by atoms with van der Waals surface area (Å²) in [5.41, 5.74) is 2.76. The standard InChI is InChI=1S/C17H21N5O2S/c1-11-9-15(25-21-11)20-17(23)12-10-18-13-5-6-14(19-16(12)13)24-8-4-7-22(2)3/h5-6,9-10,18H,4,7-8H2,1-3H3,(H,20,23). The van der Waals surface area contributed by atoms with E-state index in [0.29, 0.717) is 28.6 Å². The highest BCUT2D eigenvalue weighted by Crippen LogP contribution is 2.22. The van der Waals surface area contributed by atoms with Crippen molar-refractivity contribution < 1.29 is 9.53 Å². The Balaban J connectivity index is 1.72. The minimum absolute atomic E-state index is 0.216. The number of H-pyrrole nitrogens is 1. The summed E-state index contributed by atoms with van der Waals surface area (Å²) in [5, 5.41) is 3.57. The van der Waals surface area contributed by atoms with Gasteiger partial charge >= 0.3 is 0 Å². The molecule has 8 heteroatoms. The molecule has 0 fully saturated rings. The Morgan fingerprint density at radius 2 is 2.24 bits per heavy atom. The fraction of sp³-hybridized carbons (Fsp3) is 0.353. The van der Waals surface area contributed by atoms with Gasteiger partial charge in [0, 0.05) is 18.8 Å². The Morgan fingerprint density at radius 3 is 2.96 bits per heavy atom. The fourth-order valence-corrected chi connectivity index (χ4v) is 3.05. The smallest absolute Gasteiger partial charge is 0.260 e. The maximum Gasteiger partial charge on any atom is 0.260 e. The minimum Gasteiger partial charge on any atom is -0.478 e. The molecule has 0 saturated heterocycles. The summed E-state index contributed by atoms with van der Waals surface area (Å²) < 4.78 is 9.86. The molecule has 0 atom stereocenters. The zero-order valence-corrected chi connectivity index (χ0v) is 15.3. The molecule has 0 radical (unpaired) electrons. The molecule has 7 nitrogen and oxygen atoms in total. The van der Waals surface area contributed by atoms with Crippen molar-refractivity contribution in [1.82, 2.24) is 19.2 Å². The molecule has 3 aromatic rings. The lowest BCUT2D eigenvalue weighted by Gasteiger charge is -2.10. The first-order valence-corrected chi connectivity index (χ1v) is 8.80. The highest BCUT2D eigenvalue weighted by molar-refractivity contribution is 7.10. The number of fused-ring (bicyclic) bond motifs is 1. The molecule has 3 heterocycles. The molecule has 1 amide bonds. The van der Waals surface area contributed by atoms with Crippen LogP contribution in [0.5, 0.6) is 5.88 Å². The van der Waals surface area contributed by atoms with E-state index in [1.165, 1.54) is 11.5 Å². The van der Waals surface area contributed by atoms with Crippen LogP contribution in [0.1, 0.15) is 22.5 Å². The molecule has 0 aliphatic heterocycles. The second-order valence-corrected chi connectivity index (χ2v) is 6.84. The molecule has 0 spiro atoms. The predicted molar refractivity (Wildman–Crippen MR) is 99.6 cm³/mol. The number of aromatic nitrogens is 3. The molecule has 0 aromatic carbocycles. The Morgan fingerprint density at radius 1 is 1.40 bits per heavy atom. The summed E-state index contributed by atoms with van der Waals surface area (Å²) in [4.78, 5) is 22.2. The van der Waals surface area contributed by atoms with Gasteiger partial charge in [0.2, 0.25) is 5.88 Å². The summed E-state index contributed by atoms with van der Waals surface area (Å²) in [6, 6.07) is 5.52. The maximum absolute atomic E-state index is 12.5. The highest BCUT2D eigenvalue weighted by Gasteiger charge is 2.15. The van der Waals surface area contributed by atoms with E-state index in [2.05, 4.69) is 24.6 Å². The van der Waals surface area contributed by atoms with Gasteiger partial charge in [0.05, 0.1) is 23.4 Å². The van der Waals surface area contributed by atoms with Crippen molar-refractivity contribution in [3.8, 4) is 5.88 Å². The third-order valence-electron chi connectivity index (χ3n) is 3.61. The van der Waals surface area contributed by atoms with Crippen molar-refractivity contribution in [1.29, 1.82) is 0 Å². The van der Waals surface area contributed by atoms with Crippen LogP contribution in [-0.4, -0.2) is 52.4 Å². The van der Waals surface area contributed by atoms with Crippen LogP contribution in [0.3, 0.4) is 0 Å². The Bertz CT molecular complexity index is 871. The maximum atomic E-state index is 12.5. The molecular weight excluding hydrogens is 338 g/mol. The minimum atomic E-state index is -0.216. The van der Waals surface area contributed by atoms with Crippen molar-refractivity contribution in [2.75, 3.05) is 32.6 Å². The second-order valence-electron chi connectivity index (χ2n) is 6.04. The molecule has 0 saturated carbocycles. The van der Waals surface area contributed by atoms with Crippen LogP contribution >= 0.6 is 11.5 Å². The van der Waals surface area contributed by atoms with Crippen molar-refractivity contribution in [3.05, 3.63) is 35.7 Å². The van der Waals surface area contributed by atoms with Gasteiger partial charge in [-0.1, -0.05) is 0 Å². The lowest BCUT2D eigenvalue weighted by Crippen LogP contribution is -2.15. The van der Waals surface area contributed by atoms with Gasteiger partial charge in [-0.3, -0.25) is 4.79 Å². The quantitative estimate of drug-likeness (QED) is 0.634. The first-order chi connectivity index (χ1) is 12.0. The van der Waals surface area contributed by atoms with E-state index in [4.69, 9.17) is 4.74 Å². The van der Waals surface area contributed by atoms with Crippen molar-refractivity contribution in [2.45, 2.75) is 13.3 Å². The number of pyridine rings is 1. The van der Waals surface area contributed by atoms with Crippen LogP contribution in [-0.2, 0) is 0 Å². The second kappa shape index (κ2) is 7.62. The van der Waals surface area contributed by atoms with Gasteiger partial charge in [-0.25, -0.2) is 4.98 Å². The normalized spacial score (nSPS) is 11.2. The van der Waals surface area contributed by atoms with E-state index in [9.17, 15) is 4.79 Å². The number of aromatic amines is 1. The summed E-state index contributed by atoms with van der Waals surface area (Å²) in [6.45, 7) is 3.43. The molecule has 3 rings (SSSR count). The highest BCUT2D eigenvalue weighted by atomic mass is 32.1. The summed E-state index contributed by atoms with van der Waals surface area (Å²) >= 11 is 1.26. The van der Waals surface area contributed by atoms with E-state index < -0.39 is 0 Å². The van der Waals surface area contributed by atoms with E-state index in [1.54, 1.807) is 6.20 Å². The van der Waals surface area contributed by atoms with Crippen LogP contribution < -0.4 is 10.1 Å². The average Bonchev–Trinajstić information content (AvgIpc) is 3.17. The van der Waals surface area contributed by atoms with Gasteiger partial charge in [-0.15, -0.1) is 0 Å². The molecule has 2 N–H and O–H groups in total. The van der Waals surface area contributed by atoms with Crippen LogP contribution in [0.15, 0.2) is 24.4 Å². The molecule has 3 aromatic heterocycles. The summed E-state index contributed by atoms with van der Waals surface area (Å²) in [6.07, 6.45) is 2.58. The van der Waals surface area contributed by atoms with Gasteiger partial charge in [-0.05, 0) is 51.1 Å². The van der Waals surface area contributed by atoms with Crippen LogP contribution in [0.4, 0.5) is 5.00 Å². The number of nitrogens with one attached hydrogen (secondary N) is 2. The van der Waals surface area contributed by atoms with Gasteiger partial charge in [-0.2, -0.15) is 4.37 Å². The number of anilines is 1. The molecule has 0 aliphatic carbocycles. The number of amides is 1. The lowest BCUT2D eigenvalue weighted by molar-refractivity contribution is 0.102. The van der Waals surface area contributed by atoms with E-state index >= 15 is 0 Å². The first kappa shape index (κ1) is 17.4. The molecule has 132 valence electrons. The number of aryl methyl sites for hydroxylation is 1. The number of carbonyl (C=O) groups is 1. The zero-order chi connectivity index (χ0) is 17.8. The number of ether oxygens (including phenoxy) is 1. The number of rotatable bonds is 7. The molecule has 0 aliphatic rings. The molecular formula is C17H21N5O2S. The summed E-state index contributed by atoms with van der Waals surface area (Å²) in [5.74, 6) is 0.306. The third kappa shape index (κ3) is 4.34. The molecule has 0 bridgehead atoms. The van der Waals surface area contributed by atoms with Crippen molar-refractivity contribution >= 4 is 33.5 Å². The Labute approximate surface area is 150 Å². The predicted octanol–water partition coefficient (Wildman–Crippen LogP) is 2.91. The number of nitrogens with zero attached hydrogens (tertiary/aromatic N) is 3. The van der Waals surface area contributed by atoms with Crippen molar-refractivity contribution in [3.63, 3.8) is 0 Å². The Kier molecular flexibility index (Phi) is 5.30. The first-order valence-electron chi connectivity index (χ1n) is 8.03. The topological polar surface area (TPSA) is 83.1 Å². The monoisotopic (exact) mass is 359 g/mol. The van der Waals surface area contributed by atoms with Crippen LogP contribution in [0.2, 0.25) is 0 Å². The molecule has 25 heavy (non-hydrogen) atoms. The van der Waals surface area contributed by atoms with E-state index in [0.717, 1.165) is 24.2 Å². The SMILES string of the molecule is Cc1cc(NC(=O)c2c[nH]c3ccc(OCCCN(C)C)nc23)sn1. The van der Waals surface area contributed by atoms with Crippen LogP contribution in [0, 0.1) is 6.92 Å². The number of hydrogen-bond donors (Lipinski definition) is 2. The number of hydrogen-bond acceptors (Lipinski definition) is 6. The van der Waals surface area contributed by atoms with Gasteiger partial charge in [0.25, 0.3) is 5.91 Å². The van der Waals surface area contributed by atoms with E-state index in [-0.39, 0.29) is 5.91 Å². The summed E-state index contributed by atoms with van der Waals surface area (Å²) in [7, 11) is 4.05.